The van der Waals surface area contributed by atoms with Gasteiger partial charge in [-0.15, -0.1) is 0 Å². The molecule has 2 heterocycles. The molecule has 4 amide bonds. The van der Waals surface area contributed by atoms with E-state index in [1.54, 1.807) is 0 Å². The highest BCUT2D eigenvalue weighted by molar-refractivity contribution is 6.37. The van der Waals surface area contributed by atoms with Crippen molar-refractivity contribution in [3.63, 3.8) is 0 Å². The van der Waals surface area contributed by atoms with Crippen LogP contribution in [0.4, 0.5) is 11.4 Å². The number of halogens is 4. The minimum Gasteiger partial charge on any atom is -0.466 e. The van der Waals surface area contributed by atoms with Crippen LogP contribution in [0.1, 0.15) is 0 Å². The molecule has 0 N–H and O–H groups in total. The quantitative estimate of drug-likeness (QED) is 0.382. The standard InChI is InChI=1S/C26H16Cl4N2O6/c1-38-26(37)16-8-15-18-20(24(35)31(22(18)33)13-4-9(27)2-10(28)5-13)17(16)21-19(15)23(34)32(25(21)36)14-6-11(29)3-12(30)7-14/h2-8,15,17-21H,1H3/t15?,17?,18-,19-,20+,21+/m0/s1. The number of hydrogen-bond donors (Lipinski definition) is 0. The smallest absolute Gasteiger partial charge is 0.333 e. The molecule has 194 valence electrons. The molecule has 38 heavy (non-hydrogen) atoms. The van der Waals surface area contributed by atoms with Crippen LogP contribution in [0, 0.1) is 35.5 Å². The lowest BCUT2D eigenvalue weighted by atomic mass is 9.52. The van der Waals surface area contributed by atoms with Crippen LogP contribution in [0.15, 0.2) is 48.0 Å². The third kappa shape index (κ3) is 3.47. The highest BCUT2D eigenvalue weighted by Gasteiger charge is 2.71. The van der Waals surface area contributed by atoms with Crippen LogP contribution < -0.4 is 9.80 Å². The number of imide groups is 2. The highest BCUT2D eigenvalue weighted by atomic mass is 35.5. The van der Waals surface area contributed by atoms with Crippen LogP contribution in [-0.4, -0.2) is 36.7 Å². The Balaban J connectivity index is 1.48. The van der Waals surface area contributed by atoms with Crippen molar-refractivity contribution in [3.05, 3.63) is 68.1 Å². The molecular formula is C26H16Cl4N2O6. The molecule has 12 heteroatoms. The van der Waals surface area contributed by atoms with Gasteiger partial charge in [0, 0.05) is 37.5 Å². The Bertz CT molecular complexity index is 1390. The fraction of sp³-hybridized carbons (Fsp3) is 0.269. The Morgan fingerprint density at radius 2 is 1.00 bits per heavy atom. The van der Waals surface area contributed by atoms with E-state index in [1.807, 2.05) is 0 Å². The molecule has 2 aromatic rings. The number of allylic oxidation sites excluding steroid dienone is 1. The minimum atomic E-state index is -1.06. The van der Waals surface area contributed by atoms with E-state index in [9.17, 15) is 24.0 Å². The molecule has 2 bridgehead atoms. The first-order chi connectivity index (χ1) is 18.0. The van der Waals surface area contributed by atoms with Gasteiger partial charge in [-0.3, -0.25) is 19.2 Å². The van der Waals surface area contributed by atoms with Crippen molar-refractivity contribution >= 4 is 87.4 Å². The van der Waals surface area contributed by atoms with Gasteiger partial charge in [-0.25, -0.2) is 14.6 Å². The second-order valence-electron chi connectivity index (χ2n) is 9.60. The van der Waals surface area contributed by atoms with Crippen molar-refractivity contribution in [2.45, 2.75) is 0 Å². The van der Waals surface area contributed by atoms with E-state index in [4.69, 9.17) is 51.1 Å². The fourth-order valence-electron chi connectivity index (χ4n) is 6.52. The van der Waals surface area contributed by atoms with Crippen molar-refractivity contribution in [1.82, 2.24) is 0 Å². The Morgan fingerprint density at radius 3 is 1.37 bits per heavy atom. The maximum Gasteiger partial charge on any atom is 0.333 e. The summed E-state index contributed by atoms with van der Waals surface area (Å²) in [6.07, 6.45) is 1.51. The van der Waals surface area contributed by atoms with Crippen molar-refractivity contribution < 1.29 is 28.7 Å². The molecule has 4 atom stereocenters. The van der Waals surface area contributed by atoms with Gasteiger partial charge in [-0.2, -0.15) is 0 Å². The first-order valence-electron chi connectivity index (χ1n) is 11.5. The van der Waals surface area contributed by atoms with Gasteiger partial charge >= 0.3 is 5.97 Å². The number of methoxy groups -OCH3 is 1. The molecule has 2 aliphatic heterocycles. The first kappa shape index (κ1) is 25.4. The number of amides is 4. The number of anilines is 2. The zero-order valence-corrected chi connectivity index (χ0v) is 22.4. The zero-order chi connectivity index (χ0) is 27.2. The Labute approximate surface area is 236 Å². The number of nitrogens with zero attached hydrogens (tertiary/aromatic N) is 2. The summed E-state index contributed by atoms with van der Waals surface area (Å²) in [4.78, 5) is 69.9. The van der Waals surface area contributed by atoms with Gasteiger partial charge in [0.2, 0.25) is 23.6 Å². The van der Waals surface area contributed by atoms with Gasteiger partial charge in [0.15, 0.2) is 0 Å². The second kappa shape index (κ2) is 8.81. The molecule has 3 fully saturated rings. The number of rotatable bonds is 3. The van der Waals surface area contributed by atoms with Crippen molar-refractivity contribution in [2.24, 2.45) is 35.5 Å². The first-order valence-corrected chi connectivity index (χ1v) is 13.0. The number of ether oxygens (including phenoxy) is 1. The predicted molar refractivity (Wildman–Crippen MR) is 139 cm³/mol. The van der Waals surface area contributed by atoms with Gasteiger partial charge in [0.05, 0.1) is 42.2 Å². The molecule has 0 unspecified atom stereocenters. The summed E-state index contributed by atoms with van der Waals surface area (Å²) in [5.74, 6) is -9.10. The lowest BCUT2D eigenvalue weighted by Crippen LogP contribution is -2.53. The monoisotopic (exact) mass is 592 g/mol. The summed E-state index contributed by atoms with van der Waals surface area (Å²) in [7, 11) is 1.18. The van der Waals surface area contributed by atoms with E-state index >= 15 is 0 Å². The largest absolute Gasteiger partial charge is 0.466 e. The lowest BCUT2D eigenvalue weighted by molar-refractivity contribution is -0.145. The van der Waals surface area contributed by atoms with Gasteiger partial charge in [-0.1, -0.05) is 52.5 Å². The van der Waals surface area contributed by atoms with E-state index in [0.29, 0.717) is 0 Å². The van der Waals surface area contributed by atoms with Crippen molar-refractivity contribution in [3.8, 4) is 0 Å². The Hall–Kier alpha value is -2.91. The number of carbonyl (C=O) groups excluding carboxylic acids is 5. The average molecular weight is 594 g/mol. The SMILES string of the molecule is COC(=O)C1=CC2[C@@H]3C(=O)N(c4cc(Cl)cc(Cl)c4)C(=O)[C@@H]3C1[C@H]1C(=O)N(c3cc(Cl)cc(Cl)c3)C(=O)[C@@H]21. The van der Waals surface area contributed by atoms with Crippen LogP contribution >= 0.6 is 46.4 Å². The summed E-state index contributed by atoms with van der Waals surface area (Å²) in [6, 6.07) is 8.64. The molecule has 1 saturated carbocycles. The molecule has 7 rings (SSSR count). The van der Waals surface area contributed by atoms with Gasteiger partial charge in [0.25, 0.3) is 0 Å². The van der Waals surface area contributed by atoms with Gasteiger partial charge in [0.1, 0.15) is 0 Å². The van der Waals surface area contributed by atoms with E-state index in [-0.39, 0.29) is 37.0 Å². The number of hydrogen-bond acceptors (Lipinski definition) is 6. The Kier molecular flexibility index (Phi) is 5.88. The fourth-order valence-corrected chi connectivity index (χ4v) is 7.55. The molecule has 0 aromatic heterocycles. The normalized spacial score (nSPS) is 29.6. The minimum absolute atomic E-state index is 0.0965. The van der Waals surface area contributed by atoms with Crippen LogP contribution in [0.25, 0.3) is 0 Å². The molecule has 3 aliphatic carbocycles. The van der Waals surface area contributed by atoms with Crippen molar-refractivity contribution in [2.75, 3.05) is 16.9 Å². The number of benzene rings is 2. The van der Waals surface area contributed by atoms with Crippen LogP contribution in [0.2, 0.25) is 20.1 Å². The van der Waals surface area contributed by atoms with E-state index in [1.165, 1.54) is 49.6 Å². The maximum atomic E-state index is 13.8. The number of esters is 1. The van der Waals surface area contributed by atoms with E-state index < -0.39 is 65.1 Å². The highest BCUT2D eigenvalue weighted by Crippen LogP contribution is 2.61. The summed E-state index contributed by atoms with van der Waals surface area (Å²) >= 11 is 24.5. The molecular weight excluding hydrogens is 578 g/mol. The predicted octanol–water partition coefficient (Wildman–Crippen LogP) is 4.57. The van der Waals surface area contributed by atoms with E-state index in [0.717, 1.165) is 9.80 Å². The molecule has 8 nitrogen and oxygen atoms in total. The summed E-state index contributed by atoms with van der Waals surface area (Å²) < 4.78 is 4.95. The summed E-state index contributed by atoms with van der Waals surface area (Å²) in [5, 5.41) is 0.879. The third-order valence-corrected chi connectivity index (χ3v) is 8.64. The topological polar surface area (TPSA) is 101 Å². The van der Waals surface area contributed by atoms with Crippen LogP contribution in [-0.2, 0) is 28.7 Å². The lowest BCUT2D eigenvalue weighted by Gasteiger charge is -2.46. The van der Waals surface area contributed by atoms with Crippen LogP contribution in [0.3, 0.4) is 0 Å². The molecule has 0 spiro atoms. The second-order valence-corrected chi connectivity index (χ2v) is 11.3. The van der Waals surface area contributed by atoms with Crippen LogP contribution in [0.5, 0.6) is 0 Å². The summed E-state index contributed by atoms with van der Waals surface area (Å²) in [6.45, 7) is 0. The molecule has 2 saturated heterocycles. The zero-order valence-electron chi connectivity index (χ0n) is 19.4. The van der Waals surface area contributed by atoms with Crippen molar-refractivity contribution in [1.29, 1.82) is 0 Å². The number of carbonyl (C=O) groups is 5. The summed E-state index contributed by atoms with van der Waals surface area (Å²) in [5.41, 5.74) is 0.437. The van der Waals surface area contributed by atoms with Gasteiger partial charge in [-0.05, 0) is 36.4 Å². The molecule has 0 radical (unpaired) electrons. The Morgan fingerprint density at radius 1 is 0.632 bits per heavy atom. The van der Waals surface area contributed by atoms with Gasteiger partial charge < -0.3 is 4.74 Å². The molecule has 5 aliphatic rings. The average Bonchev–Trinajstić information content (AvgIpc) is 3.28. The van der Waals surface area contributed by atoms with E-state index in [2.05, 4.69) is 0 Å². The molecule has 2 aromatic carbocycles. The third-order valence-electron chi connectivity index (χ3n) is 7.76. The maximum absolute atomic E-state index is 13.8.